The fraction of sp³-hybridized carbons (Fsp3) is 0.200. The Bertz CT molecular complexity index is 934. The largest absolute Gasteiger partial charge is 0.459 e. The zero-order chi connectivity index (χ0) is 19.3. The Morgan fingerprint density at radius 2 is 1.64 bits per heavy atom. The predicted octanol–water partition coefficient (Wildman–Crippen LogP) is 2.28. The van der Waals surface area contributed by atoms with E-state index in [9.17, 15) is 9.59 Å². The monoisotopic (exact) mass is 377 g/mol. The van der Waals surface area contributed by atoms with Gasteiger partial charge in [0, 0.05) is 49.8 Å². The lowest BCUT2D eigenvalue weighted by Gasteiger charge is -2.34. The topological polar surface area (TPSA) is 91.6 Å². The van der Waals surface area contributed by atoms with Crippen LogP contribution in [0.2, 0.25) is 0 Å². The Kier molecular flexibility index (Phi) is 5.01. The molecule has 8 nitrogen and oxygen atoms in total. The van der Waals surface area contributed by atoms with Crippen molar-refractivity contribution in [2.75, 3.05) is 36.4 Å². The van der Waals surface area contributed by atoms with E-state index >= 15 is 0 Å². The van der Waals surface area contributed by atoms with Crippen molar-refractivity contribution in [3.63, 3.8) is 0 Å². The molecule has 1 aliphatic heterocycles. The lowest BCUT2D eigenvalue weighted by Crippen LogP contribution is -2.49. The van der Waals surface area contributed by atoms with Crippen LogP contribution in [-0.4, -0.2) is 52.9 Å². The van der Waals surface area contributed by atoms with Gasteiger partial charge in [0.25, 0.3) is 11.8 Å². The molecular formula is C20H19N5O3. The van der Waals surface area contributed by atoms with Crippen molar-refractivity contribution >= 4 is 23.5 Å². The van der Waals surface area contributed by atoms with Gasteiger partial charge in [0.2, 0.25) is 5.95 Å². The SMILES string of the molecule is O=C(Nc1ccc(C(=O)N2CCN(c3ncccn3)CC2)cc1)c1ccco1. The van der Waals surface area contributed by atoms with E-state index in [1.165, 1.54) is 6.26 Å². The van der Waals surface area contributed by atoms with Gasteiger partial charge in [-0.3, -0.25) is 9.59 Å². The van der Waals surface area contributed by atoms with Gasteiger partial charge in [-0.1, -0.05) is 0 Å². The smallest absolute Gasteiger partial charge is 0.291 e. The minimum atomic E-state index is -0.330. The first-order valence-corrected chi connectivity index (χ1v) is 8.97. The molecule has 1 fully saturated rings. The van der Waals surface area contributed by atoms with Gasteiger partial charge < -0.3 is 19.5 Å². The van der Waals surface area contributed by atoms with Crippen LogP contribution in [0.3, 0.4) is 0 Å². The number of carbonyl (C=O) groups is 2. The number of rotatable bonds is 4. The van der Waals surface area contributed by atoms with Crippen molar-refractivity contribution in [3.05, 3.63) is 72.4 Å². The van der Waals surface area contributed by atoms with Gasteiger partial charge in [-0.15, -0.1) is 0 Å². The van der Waals surface area contributed by atoms with Crippen LogP contribution in [0.15, 0.2) is 65.5 Å². The van der Waals surface area contributed by atoms with Gasteiger partial charge >= 0.3 is 0 Å². The maximum Gasteiger partial charge on any atom is 0.291 e. The molecule has 4 rings (SSSR count). The van der Waals surface area contributed by atoms with Crippen LogP contribution in [0.1, 0.15) is 20.9 Å². The Hall–Kier alpha value is -3.68. The van der Waals surface area contributed by atoms with Crippen LogP contribution in [0.5, 0.6) is 0 Å². The average Bonchev–Trinajstić information content (AvgIpc) is 3.30. The van der Waals surface area contributed by atoms with Crippen molar-refractivity contribution < 1.29 is 14.0 Å². The number of nitrogens with one attached hydrogen (secondary N) is 1. The first kappa shape index (κ1) is 17.7. The van der Waals surface area contributed by atoms with Gasteiger partial charge in [-0.05, 0) is 42.5 Å². The minimum absolute atomic E-state index is 0.0301. The molecule has 142 valence electrons. The molecule has 0 bridgehead atoms. The van der Waals surface area contributed by atoms with Crippen molar-refractivity contribution in [2.24, 2.45) is 0 Å². The number of amides is 2. The summed E-state index contributed by atoms with van der Waals surface area (Å²) < 4.78 is 5.06. The van der Waals surface area contributed by atoms with E-state index in [2.05, 4.69) is 20.2 Å². The lowest BCUT2D eigenvalue weighted by molar-refractivity contribution is 0.0746. The minimum Gasteiger partial charge on any atom is -0.459 e. The summed E-state index contributed by atoms with van der Waals surface area (Å²) in [4.78, 5) is 37.1. The molecule has 1 saturated heterocycles. The number of carbonyl (C=O) groups excluding carboxylic acids is 2. The number of nitrogens with zero attached hydrogens (tertiary/aromatic N) is 4. The fourth-order valence-electron chi connectivity index (χ4n) is 3.04. The molecule has 0 unspecified atom stereocenters. The van der Waals surface area contributed by atoms with Crippen LogP contribution >= 0.6 is 0 Å². The van der Waals surface area contributed by atoms with Gasteiger partial charge in [0.15, 0.2) is 5.76 Å². The first-order chi connectivity index (χ1) is 13.7. The van der Waals surface area contributed by atoms with Crippen LogP contribution in [0.4, 0.5) is 11.6 Å². The third-order valence-corrected chi connectivity index (χ3v) is 4.54. The summed E-state index contributed by atoms with van der Waals surface area (Å²) in [6.45, 7) is 2.59. The van der Waals surface area contributed by atoms with Crippen molar-refractivity contribution in [1.29, 1.82) is 0 Å². The Labute approximate surface area is 161 Å². The molecule has 2 amide bonds. The maximum atomic E-state index is 12.7. The molecule has 0 radical (unpaired) electrons. The molecule has 1 aliphatic rings. The number of piperazine rings is 1. The molecule has 28 heavy (non-hydrogen) atoms. The third-order valence-electron chi connectivity index (χ3n) is 4.54. The second-order valence-electron chi connectivity index (χ2n) is 6.34. The molecule has 1 N–H and O–H groups in total. The molecule has 1 aromatic carbocycles. The molecule has 3 aromatic rings. The highest BCUT2D eigenvalue weighted by atomic mass is 16.3. The summed E-state index contributed by atoms with van der Waals surface area (Å²) >= 11 is 0. The zero-order valence-electron chi connectivity index (χ0n) is 15.1. The van der Waals surface area contributed by atoms with Gasteiger partial charge in [-0.2, -0.15) is 0 Å². The van der Waals surface area contributed by atoms with E-state index in [0.29, 0.717) is 43.4 Å². The van der Waals surface area contributed by atoms with Crippen molar-refractivity contribution in [2.45, 2.75) is 0 Å². The zero-order valence-corrected chi connectivity index (χ0v) is 15.1. The molecule has 0 atom stereocenters. The number of hydrogen-bond acceptors (Lipinski definition) is 6. The van der Waals surface area contributed by atoms with Crippen LogP contribution in [0, 0.1) is 0 Å². The summed E-state index contributed by atoms with van der Waals surface area (Å²) in [5.74, 6) is 0.563. The molecule has 0 aliphatic carbocycles. The molecule has 0 saturated carbocycles. The summed E-state index contributed by atoms with van der Waals surface area (Å²) in [7, 11) is 0. The molecule has 8 heteroatoms. The summed E-state index contributed by atoms with van der Waals surface area (Å²) in [5.41, 5.74) is 1.18. The maximum absolute atomic E-state index is 12.7. The predicted molar refractivity (Wildman–Crippen MR) is 103 cm³/mol. The molecule has 0 spiro atoms. The fourth-order valence-corrected chi connectivity index (χ4v) is 3.04. The number of aromatic nitrogens is 2. The van der Waals surface area contributed by atoms with Gasteiger partial charge in [0.1, 0.15) is 0 Å². The van der Waals surface area contributed by atoms with Gasteiger partial charge in [-0.25, -0.2) is 9.97 Å². The summed E-state index contributed by atoms with van der Waals surface area (Å²) in [5, 5.41) is 2.74. The van der Waals surface area contributed by atoms with E-state index in [1.807, 2.05) is 4.90 Å². The molecular weight excluding hydrogens is 358 g/mol. The van der Waals surface area contributed by atoms with Crippen LogP contribution in [-0.2, 0) is 0 Å². The van der Waals surface area contributed by atoms with Crippen molar-refractivity contribution in [1.82, 2.24) is 14.9 Å². The second-order valence-corrected chi connectivity index (χ2v) is 6.34. The van der Waals surface area contributed by atoms with E-state index in [0.717, 1.165) is 0 Å². The van der Waals surface area contributed by atoms with Gasteiger partial charge in [0.05, 0.1) is 6.26 Å². The highest BCUT2D eigenvalue weighted by Crippen LogP contribution is 2.16. The summed E-state index contributed by atoms with van der Waals surface area (Å²) in [6.07, 6.45) is 4.87. The third kappa shape index (κ3) is 3.85. The number of hydrogen-bond donors (Lipinski definition) is 1. The standard InChI is InChI=1S/C20H19N5O3/c26-18(17-3-1-14-28-17)23-16-6-4-15(5-7-16)19(27)24-10-12-25(13-11-24)20-21-8-2-9-22-20/h1-9,14H,10-13H2,(H,23,26). The number of anilines is 2. The number of benzene rings is 1. The summed E-state index contributed by atoms with van der Waals surface area (Å²) in [6, 6.07) is 11.9. The van der Waals surface area contributed by atoms with Crippen LogP contribution in [0.25, 0.3) is 0 Å². The molecule has 2 aromatic heterocycles. The van der Waals surface area contributed by atoms with E-state index in [1.54, 1.807) is 54.9 Å². The van der Waals surface area contributed by atoms with Crippen molar-refractivity contribution in [3.8, 4) is 0 Å². The van der Waals surface area contributed by atoms with Crippen LogP contribution < -0.4 is 10.2 Å². The van der Waals surface area contributed by atoms with E-state index < -0.39 is 0 Å². The number of furan rings is 1. The Morgan fingerprint density at radius 1 is 0.929 bits per heavy atom. The second kappa shape index (κ2) is 7.91. The molecule has 3 heterocycles. The first-order valence-electron chi connectivity index (χ1n) is 8.97. The lowest BCUT2D eigenvalue weighted by atomic mass is 10.1. The quantitative estimate of drug-likeness (QED) is 0.750. The highest BCUT2D eigenvalue weighted by molar-refractivity contribution is 6.02. The van der Waals surface area contributed by atoms with E-state index in [4.69, 9.17) is 4.42 Å². The van der Waals surface area contributed by atoms with E-state index in [-0.39, 0.29) is 17.6 Å². The Morgan fingerprint density at radius 3 is 2.29 bits per heavy atom. The highest BCUT2D eigenvalue weighted by Gasteiger charge is 2.23. The Balaban J connectivity index is 1.34. The normalized spacial score (nSPS) is 14.0. The average molecular weight is 377 g/mol.